The number of hydrogen-bond donors (Lipinski definition) is 1. The van der Waals surface area contributed by atoms with Crippen molar-refractivity contribution in [2.24, 2.45) is 5.92 Å². The highest BCUT2D eigenvalue weighted by Gasteiger charge is 2.36. The predicted molar refractivity (Wildman–Crippen MR) is 122 cm³/mol. The van der Waals surface area contributed by atoms with E-state index in [0.717, 1.165) is 25.1 Å². The van der Waals surface area contributed by atoms with Gasteiger partial charge in [0.2, 0.25) is 5.95 Å². The molecule has 3 heterocycles. The fourth-order valence-corrected chi connectivity index (χ4v) is 6.39. The maximum atomic E-state index is 15.0. The Labute approximate surface area is 200 Å². The minimum atomic E-state index is -4.52. The summed E-state index contributed by atoms with van der Waals surface area (Å²) in [5.41, 5.74) is -0.879. The van der Waals surface area contributed by atoms with Crippen molar-refractivity contribution in [3.63, 3.8) is 0 Å². The van der Waals surface area contributed by atoms with Gasteiger partial charge in [-0.25, -0.2) is 22.2 Å². The molecule has 0 spiro atoms. The molecule has 2 aliphatic rings. The van der Waals surface area contributed by atoms with Crippen LogP contribution in [-0.4, -0.2) is 56.7 Å². The van der Waals surface area contributed by atoms with Crippen molar-refractivity contribution < 1.29 is 21.6 Å². The first-order chi connectivity index (χ1) is 15.4. The molecular weight excluding hydrogens is 500 g/mol. The number of aromatic nitrogens is 1. The first-order valence-electron chi connectivity index (χ1n) is 10.4. The van der Waals surface area contributed by atoms with Crippen LogP contribution in [0.15, 0.2) is 29.2 Å². The molecule has 0 aliphatic carbocycles. The monoisotopic (exact) mass is 522 g/mol. The lowest BCUT2D eigenvalue weighted by molar-refractivity contribution is 0.181. The summed E-state index contributed by atoms with van der Waals surface area (Å²) in [6.45, 7) is 4.56. The van der Waals surface area contributed by atoms with E-state index in [9.17, 15) is 21.6 Å². The Morgan fingerprint density at radius 3 is 2.67 bits per heavy atom. The predicted octanol–water partition coefficient (Wildman–Crippen LogP) is 4.73. The van der Waals surface area contributed by atoms with Gasteiger partial charge in [-0.3, -0.25) is 9.62 Å². The summed E-state index contributed by atoms with van der Waals surface area (Å²) < 4.78 is 69.9. The van der Waals surface area contributed by atoms with Crippen LogP contribution in [0.4, 0.5) is 24.7 Å². The normalized spacial score (nSPS) is 23.9. The number of likely N-dealkylation sites (tertiary alicyclic amines) is 1. The first kappa shape index (κ1) is 24.4. The number of nitrogens with zero attached hydrogens (tertiary/aromatic N) is 3. The molecule has 2 aromatic rings. The standard InChI is InChI=1S/C21H23Cl2F3N4O2S/c1-21(26)6-8-29(12-21)10-13-5-7-30(11-13)15-9-14(24)20(19(23)18(15)22)33(31,32)28-17-4-2-3-16(25)27-17/h2-4,9,13H,5-8,10-12H2,1H3,(H,27,28)/t13?,21-/m0/s1. The summed E-state index contributed by atoms with van der Waals surface area (Å²) in [7, 11) is -4.52. The van der Waals surface area contributed by atoms with Crippen molar-refractivity contribution in [3.05, 3.63) is 46.1 Å². The molecular formula is C21H23Cl2F3N4O2S. The van der Waals surface area contributed by atoms with Crippen LogP contribution < -0.4 is 9.62 Å². The lowest BCUT2D eigenvalue weighted by Gasteiger charge is -2.24. The molecule has 12 heteroatoms. The number of hydrogen-bond acceptors (Lipinski definition) is 5. The van der Waals surface area contributed by atoms with E-state index in [0.29, 0.717) is 38.3 Å². The Morgan fingerprint density at radius 2 is 2.00 bits per heavy atom. The second-order valence-electron chi connectivity index (χ2n) is 8.78. The molecule has 6 nitrogen and oxygen atoms in total. The summed E-state index contributed by atoms with van der Waals surface area (Å²) in [5, 5.41) is -0.560. The van der Waals surface area contributed by atoms with Gasteiger partial charge in [0.25, 0.3) is 10.0 Å². The lowest BCUT2D eigenvalue weighted by Crippen LogP contribution is -2.32. The van der Waals surface area contributed by atoms with Gasteiger partial charge in [-0.15, -0.1) is 0 Å². The van der Waals surface area contributed by atoms with Gasteiger partial charge in [-0.1, -0.05) is 29.3 Å². The molecule has 180 valence electrons. The van der Waals surface area contributed by atoms with E-state index in [1.165, 1.54) is 12.1 Å². The number of benzene rings is 1. The Morgan fingerprint density at radius 1 is 1.24 bits per heavy atom. The first-order valence-corrected chi connectivity index (χ1v) is 12.7. The molecule has 1 unspecified atom stereocenters. The van der Waals surface area contributed by atoms with Crippen LogP contribution in [0.25, 0.3) is 0 Å². The number of nitrogens with one attached hydrogen (secondary N) is 1. The second kappa shape index (κ2) is 9.13. The van der Waals surface area contributed by atoms with Crippen molar-refractivity contribution in [1.29, 1.82) is 0 Å². The highest BCUT2D eigenvalue weighted by atomic mass is 35.5. The van der Waals surface area contributed by atoms with E-state index >= 15 is 0 Å². The minimum absolute atomic E-state index is 0.0937. The second-order valence-corrected chi connectivity index (χ2v) is 11.2. The average molecular weight is 523 g/mol. The third-order valence-corrected chi connectivity index (χ3v) is 8.35. The van der Waals surface area contributed by atoms with Gasteiger partial charge >= 0.3 is 0 Å². The summed E-state index contributed by atoms with van der Waals surface area (Å²) in [6, 6.07) is 4.56. The molecule has 0 amide bonds. The summed E-state index contributed by atoms with van der Waals surface area (Å²) in [5.74, 6) is -2.07. The van der Waals surface area contributed by atoms with Crippen LogP contribution in [0.5, 0.6) is 0 Å². The van der Waals surface area contributed by atoms with Gasteiger partial charge in [-0.05, 0) is 37.8 Å². The van der Waals surface area contributed by atoms with E-state index in [1.54, 1.807) is 6.92 Å². The molecule has 1 aromatic carbocycles. The quantitative estimate of drug-likeness (QED) is 0.439. The number of pyridine rings is 1. The van der Waals surface area contributed by atoms with E-state index in [2.05, 4.69) is 9.88 Å². The molecule has 0 radical (unpaired) electrons. The van der Waals surface area contributed by atoms with Crippen LogP contribution in [0.1, 0.15) is 19.8 Å². The minimum Gasteiger partial charge on any atom is -0.370 e. The maximum absolute atomic E-state index is 15.0. The van der Waals surface area contributed by atoms with Crippen LogP contribution in [-0.2, 0) is 10.0 Å². The zero-order chi connectivity index (χ0) is 24.0. The Hall–Kier alpha value is -1.75. The molecule has 0 bridgehead atoms. The summed E-state index contributed by atoms with van der Waals surface area (Å²) in [4.78, 5) is 6.52. The number of halogens is 5. The van der Waals surface area contributed by atoms with Gasteiger partial charge in [0, 0.05) is 38.8 Å². The average Bonchev–Trinajstić information content (AvgIpc) is 3.30. The number of rotatable bonds is 6. The molecule has 2 aliphatic heterocycles. The van der Waals surface area contributed by atoms with Gasteiger partial charge in [0.15, 0.2) is 0 Å². The fraction of sp³-hybridized carbons (Fsp3) is 0.476. The Kier molecular flexibility index (Phi) is 6.74. The van der Waals surface area contributed by atoms with Crippen molar-refractivity contribution in [2.75, 3.05) is 42.3 Å². The van der Waals surface area contributed by atoms with E-state index in [-0.39, 0.29) is 16.8 Å². The highest BCUT2D eigenvalue weighted by molar-refractivity contribution is 7.92. The van der Waals surface area contributed by atoms with E-state index in [1.807, 2.05) is 9.62 Å². The molecule has 0 saturated carbocycles. The van der Waals surface area contributed by atoms with Gasteiger partial charge < -0.3 is 4.90 Å². The maximum Gasteiger partial charge on any atom is 0.267 e. The molecule has 2 atom stereocenters. The molecule has 4 rings (SSSR count). The molecule has 2 fully saturated rings. The van der Waals surface area contributed by atoms with E-state index < -0.39 is 37.4 Å². The molecule has 1 aromatic heterocycles. The lowest BCUT2D eigenvalue weighted by atomic mass is 10.1. The van der Waals surface area contributed by atoms with Gasteiger partial charge in [0.05, 0.1) is 15.7 Å². The van der Waals surface area contributed by atoms with Crippen LogP contribution in [0, 0.1) is 17.7 Å². The highest BCUT2D eigenvalue weighted by Crippen LogP contribution is 2.41. The molecule has 2 saturated heterocycles. The topological polar surface area (TPSA) is 65.5 Å². The smallest absolute Gasteiger partial charge is 0.267 e. The van der Waals surface area contributed by atoms with Crippen molar-refractivity contribution >= 4 is 44.7 Å². The number of alkyl halides is 1. The van der Waals surface area contributed by atoms with Gasteiger partial charge in [0.1, 0.15) is 22.2 Å². The zero-order valence-electron chi connectivity index (χ0n) is 17.8. The fourth-order valence-electron chi connectivity index (χ4n) is 4.43. The number of sulfonamides is 1. The number of anilines is 2. The van der Waals surface area contributed by atoms with Crippen molar-refractivity contribution in [3.8, 4) is 0 Å². The third kappa shape index (κ3) is 5.34. The summed E-state index contributed by atoms with van der Waals surface area (Å²) in [6.07, 6.45) is 1.31. The van der Waals surface area contributed by atoms with E-state index in [4.69, 9.17) is 23.2 Å². The SMILES string of the molecule is C[C@]1(F)CCN(CC2CCN(c3cc(F)c(S(=O)(=O)Nc4cccc(F)n4)c(Cl)c3Cl)C2)C1. The molecule has 33 heavy (non-hydrogen) atoms. The van der Waals surface area contributed by atoms with Crippen LogP contribution in [0.3, 0.4) is 0 Å². The summed E-state index contributed by atoms with van der Waals surface area (Å²) >= 11 is 12.6. The van der Waals surface area contributed by atoms with Crippen LogP contribution >= 0.6 is 23.2 Å². The van der Waals surface area contributed by atoms with Crippen LogP contribution in [0.2, 0.25) is 10.0 Å². The van der Waals surface area contributed by atoms with Crippen molar-refractivity contribution in [1.82, 2.24) is 9.88 Å². The van der Waals surface area contributed by atoms with Gasteiger partial charge in [-0.2, -0.15) is 4.39 Å². The third-order valence-electron chi connectivity index (χ3n) is 5.97. The largest absolute Gasteiger partial charge is 0.370 e. The zero-order valence-corrected chi connectivity index (χ0v) is 20.1. The Bertz CT molecular complexity index is 1170. The molecule has 1 N–H and O–H groups in total. The van der Waals surface area contributed by atoms with Crippen molar-refractivity contribution in [2.45, 2.75) is 30.3 Å². The Balaban J connectivity index is 1.52.